The minimum Gasteiger partial charge on any atom is -0.478 e. The second-order valence-corrected chi connectivity index (χ2v) is 2.70. The highest BCUT2D eigenvalue weighted by Gasteiger charge is 2.09. The monoisotopic (exact) mass is 214 g/mol. The van der Waals surface area contributed by atoms with E-state index in [1.54, 1.807) is 24.3 Å². The van der Waals surface area contributed by atoms with Gasteiger partial charge in [-0.25, -0.2) is 4.79 Å². The van der Waals surface area contributed by atoms with E-state index in [-0.39, 0.29) is 11.3 Å². The van der Waals surface area contributed by atoms with Crippen LogP contribution >= 0.6 is 0 Å². The highest BCUT2D eigenvalue weighted by molar-refractivity contribution is 5.93. The quantitative estimate of drug-likeness (QED) is 0.774. The maximum atomic E-state index is 10.8. The third kappa shape index (κ3) is 2.63. The molecule has 0 amide bonds. The Morgan fingerprint density at radius 3 is 2.50 bits per heavy atom. The topological polar surface area (TPSA) is 110 Å². The lowest BCUT2D eigenvalue weighted by atomic mass is 10.2. The van der Waals surface area contributed by atoms with E-state index in [0.717, 1.165) is 0 Å². The Labute approximate surface area is 91.1 Å². The van der Waals surface area contributed by atoms with Crippen LogP contribution in [-0.2, 0) is 0 Å². The average Bonchev–Trinajstić information content (AvgIpc) is 2.30. The molecule has 0 aliphatic rings. The largest absolute Gasteiger partial charge is 0.478 e. The van der Waals surface area contributed by atoms with Gasteiger partial charge in [-0.3, -0.25) is 0 Å². The van der Waals surface area contributed by atoms with Gasteiger partial charge in [0, 0.05) is 0 Å². The summed E-state index contributed by atoms with van der Waals surface area (Å²) in [6.45, 7) is 0. The molecule has 0 saturated heterocycles. The zero-order chi connectivity index (χ0) is 12.0. The second-order valence-electron chi connectivity index (χ2n) is 2.70. The smallest absolute Gasteiger partial charge is 0.337 e. The molecule has 1 aromatic carbocycles. The zero-order valence-electron chi connectivity index (χ0n) is 8.03. The molecule has 1 N–H and O–H groups in total. The molecule has 6 nitrogen and oxygen atoms in total. The Kier molecular flexibility index (Phi) is 3.71. The van der Waals surface area contributed by atoms with Gasteiger partial charge in [0.1, 0.15) is 12.1 Å². The first-order valence-corrected chi connectivity index (χ1v) is 4.21. The fraction of sp³-hybridized carbons (Fsp3) is 0.100. The van der Waals surface area contributed by atoms with Crippen LogP contribution in [0.15, 0.2) is 34.5 Å². The van der Waals surface area contributed by atoms with Crippen molar-refractivity contribution in [1.29, 1.82) is 10.5 Å². The number of hydrogen-bond acceptors (Lipinski definition) is 5. The van der Waals surface area contributed by atoms with Crippen molar-refractivity contribution < 1.29 is 9.90 Å². The standard InChI is InChI=1S/C10H6N4O2/c11-5-7(6-12)13-14-9-4-2-1-3-8(9)10(15)16/h1-4,7H,(H,15,16). The normalized spacial score (nSPS) is 9.94. The minimum atomic E-state index is -1.22. The van der Waals surface area contributed by atoms with Crippen molar-refractivity contribution in [2.75, 3.05) is 0 Å². The lowest BCUT2D eigenvalue weighted by Gasteiger charge is -1.97. The number of carboxylic acids is 1. The Bertz CT molecular complexity index is 496. The number of azo groups is 1. The van der Waals surface area contributed by atoms with Crippen LogP contribution < -0.4 is 0 Å². The van der Waals surface area contributed by atoms with Crippen molar-refractivity contribution in [3.63, 3.8) is 0 Å². The fourth-order valence-electron chi connectivity index (χ4n) is 0.942. The Morgan fingerprint density at radius 2 is 1.94 bits per heavy atom. The molecule has 78 valence electrons. The van der Waals surface area contributed by atoms with E-state index in [1.165, 1.54) is 12.1 Å². The molecule has 0 bridgehead atoms. The molecule has 0 fully saturated rings. The Balaban J connectivity index is 3.03. The van der Waals surface area contributed by atoms with Gasteiger partial charge in [-0.2, -0.15) is 20.8 Å². The first-order valence-electron chi connectivity index (χ1n) is 4.21. The van der Waals surface area contributed by atoms with Gasteiger partial charge in [0.2, 0.25) is 6.04 Å². The third-order valence-electron chi connectivity index (χ3n) is 1.66. The predicted octanol–water partition coefficient (Wildman–Crippen LogP) is 1.88. The summed E-state index contributed by atoms with van der Waals surface area (Å²) in [5.41, 5.74) is 0.0892. The van der Waals surface area contributed by atoms with E-state index in [0.29, 0.717) is 0 Å². The van der Waals surface area contributed by atoms with Crippen LogP contribution in [0.25, 0.3) is 0 Å². The predicted molar refractivity (Wildman–Crippen MR) is 52.9 cm³/mol. The Morgan fingerprint density at radius 1 is 1.31 bits per heavy atom. The number of carboxylic acid groups (broad SMARTS) is 1. The summed E-state index contributed by atoms with van der Waals surface area (Å²) in [7, 11) is 0. The van der Waals surface area contributed by atoms with Gasteiger partial charge in [0.15, 0.2) is 0 Å². The highest BCUT2D eigenvalue weighted by Crippen LogP contribution is 2.19. The molecule has 0 radical (unpaired) electrons. The van der Waals surface area contributed by atoms with E-state index in [2.05, 4.69) is 10.2 Å². The van der Waals surface area contributed by atoms with E-state index in [9.17, 15) is 4.79 Å². The van der Waals surface area contributed by atoms with Crippen LogP contribution in [0.1, 0.15) is 10.4 Å². The minimum absolute atomic E-state index is 0.0270. The van der Waals surface area contributed by atoms with Crippen LogP contribution in [0, 0.1) is 22.7 Å². The van der Waals surface area contributed by atoms with E-state index >= 15 is 0 Å². The SMILES string of the molecule is N#CC(C#N)N=Nc1ccccc1C(=O)O. The van der Waals surface area contributed by atoms with Crippen molar-refractivity contribution in [3.8, 4) is 12.1 Å². The van der Waals surface area contributed by atoms with Crippen molar-refractivity contribution in [1.82, 2.24) is 0 Å². The molecule has 0 spiro atoms. The van der Waals surface area contributed by atoms with Crippen molar-refractivity contribution in [2.24, 2.45) is 10.2 Å². The Hall–Kier alpha value is -2.73. The molecule has 0 aliphatic heterocycles. The first-order chi connectivity index (χ1) is 7.69. The number of nitrogens with zero attached hydrogens (tertiary/aromatic N) is 4. The zero-order valence-corrected chi connectivity index (χ0v) is 8.03. The van der Waals surface area contributed by atoms with Crippen LogP contribution in [-0.4, -0.2) is 17.1 Å². The van der Waals surface area contributed by atoms with Crippen molar-refractivity contribution >= 4 is 11.7 Å². The summed E-state index contributed by atoms with van der Waals surface area (Å²) < 4.78 is 0. The summed E-state index contributed by atoms with van der Waals surface area (Å²) in [6.07, 6.45) is 0. The van der Waals surface area contributed by atoms with Crippen molar-refractivity contribution in [3.05, 3.63) is 29.8 Å². The molecule has 1 aromatic rings. The van der Waals surface area contributed by atoms with Gasteiger partial charge in [-0.1, -0.05) is 12.1 Å². The molecule has 0 unspecified atom stereocenters. The molecule has 0 saturated carbocycles. The molecule has 0 aliphatic carbocycles. The lowest BCUT2D eigenvalue weighted by Crippen LogP contribution is -1.97. The van der Waals surface area contributed by atoms with Gasteiger partial charge in [0.25, 0.3) is 0 Å². The summed E-state index contributed by atoms with van der Waals surface area (Å²) >= 11 is 0. The highest BCUT2D eigenvalue weighted by atomic mass is 16.4. The molecule has 1 rings (SSSR count). The van der Waals surface area contributed by atoms with Crippen molar-refractivity contribution in [2.45, 2.75) is 6.04 Å². The van der Waals surface area contributed by atoms with Crippen LogP contribution in [0.2, 0.25) is 0 Å². The molecular weight excluding hydrogens is 208 g/mol. The van der Waals surface area contributed by atoms with Gasteiger partial charge in [-0.05, 0) is 12.1 Å². The fourth-order valence-corrected chi connectivity index (χ4v) is 0.942. The number of nitriles is 2. The van der Waals surface area contributed by atoms with Crippen LogP contribution in [0.3, 0.4) is 0 Å². The molecule has 6 heteroatoms. The van der Waals surface area contributed by atoms with Crippen LogP contribution in [0.4, 0.5) is 5.69 Å². The van der Waals surface area contributed by atoms with E-state index in [1.807, 2.05) is 0 Å². The summed E-state index contributed by atoms with van der Waals surface area (Å²) in [5.74, 6) is -1.14. The maximum Gasteiger partial charge on any atom is 0.337 e. The third-order valence-corrected chi connectivity index (χ3v) is 1.66. The van der Waals surface area contributed by atoms with Crippen LogP contribution in [0.5, 0.6) is 0 Å². The molecular formula is C10H6N4O2. The number of carbonyl (C=O) groups is 1. The molecule has 0 atom stereocenters. The molecule has 0 aromatic heterocycles. The summed E-state index contributed by atoms with van der Waals surface area (Å²) in [4.78, 5) is 10.8. The average molecular weight is 214 g/mol. The van der Waals surface area contributed by atoms with Gasteiger partial charge < -0.3 is 5.11 Å². The molecule has 16 heavy (non-hydrogen) atoms. The second kappa shape index (κ2) is 5.23. The van der Waals surface area contributed by atoms with Gasteiger partial charge >= 0.3 is 5.97 Å². The summed E-state index contributed by atoms with van der Waals surface area (Å²) in [6, 6.07) is 7.93. The maximum absolute atomic E-state index is 10.8. The summed E-state index contributed by atoms with van der Waals surface area (Å²) in [5, 5.41) is 32.7. The van der Waals surface area contributed by atoms with E-state index in [4.69, 9.17) is 15.6 Å². The van der Waals surface area contributed by atoms with Gasteiger partial charge in [0.05, 0.1) is 11.3 Å². The van der Waals surface area contributed by atoms with E-state index < -0.39 is 12.0 Å². The number of benzene rings is 1. The number of hydrogen-bond donors (Lipinski definition) is 1. The number of aromatic carboxylic acids is 1. The molecule has 0 heterocycles. The first kappa shape index (κ1) is 11.3. The van der Waals surface area contributed by atoms with Gasteiger partial charge in [-0.15, -0.1) is 0 Å². The lowest BCUT2D eigenvalue weighted by molar-refractivity contribution is 0.0698. The number of rotatable bonds is 3.